The van der Waals surface area contributed by atoms with Gasteiger partial charge in [-0.1, -0.05) is 0 Å². The predicted octanol–water partition coefficient (Wildman–Crippen LogP) is 2.85. The molecular formula is C17H21ClN6O. The SMILES string of the molecule is COc1cnc(Cl)nc1-c1cnn(C(CC#N)CC2CCNCC2)c1. The van der Waals surface area contributed by atoms with E-state index in [1.54, 1.807) is 19.5 Å². The average molecular weight is 361 g/mol. The highest BCUT2D eigenvalue weighted by Crippen LogP contribution is 2.31. The Kier molecular flexibility index (Phi) is 5.84. The van der Waals surface area contributed by atoms with Gasteiger partial charge in [0.2, 0.25) is 5.28 Å². The molecule has 7 nitrogen and oxygen atoms in total. The van der Waals surface area contributed by atoms with Crippen LogP contribution in [-0.4, -0.2) is 39.9 Å². The highest BCUT2D eigenvalue weighted by atomic mass is 35.5. The van der Waals surface area contributed by atoms with E-state index in [4.69, 9.17) is 16.3 Å². The maximum atomic E-state index is 9.21. The van der Waals surface area contributed by atoms with Gasteiger partial charge in [-0.25, -0.2) is 9.97 Å². The molecule has 0 saturated carbocycles. The Morgan fingerprint density at radius 3 is 2.96 bits per heavy atom. The average Bonchev–Trinajstić information content (AvgIpc) is 3.12. The molecule has 0 amide bonds. The minimum Gasteiger partial charge on any atom is -0.493 e. The zero-order valence-corrected chi connectivity index (χ0v) is 14.9. The van der Waals surface area contributed by atoms with Crippen molar-refractivity contribution in [3.05, 3.63) is 23.9 Å². The lowest BCUT2D eigenvalue weighted by Gasteiger charge is -2.26. The Labute approximate surface area is 152 Å². The van der Waals surface area contributed by atoms with E-state index in [9.17, 15) is 5.26 Å². The molecule has 0 bridgehead atoms. The molecule has 0 radical (unpaired) electrons. The summed E-state index contributed by atoms with van der Waals surface area (Å²) in [6.45, 7) is 2.09. The van der Waals surface area contributed by atoms with Gasteiger partial charge < -0.3 is 10.1 Å². The van der Waals surface area contributed by atoms with E-state index in [1.165, 1.54) is 0 Å². The third kappa shape index (κ3) is 4.27. The third-order valence-corrected chi connectivity index (χ3v) is 4.77. The maximum absolute atomic E-state index is 9.21. The Morgan fingerprint density at radius 1 is 1.44 bits per heavy atom. The Hall–Kier alpha value is -2.17. The summed E-state index contributed by atoms with van der Waals surface area (Å²) in [5.74, 6) is 1.16. The number of hydrogen-bond acceptors (Lipinski definition) is 6. The minimum absolute atomic E-state index is 0.0603. The van der Waals surface area contributed by atoms with Crippen molar-refractivity contribution >= 4 is 11.6 Å². The molecule has 1 saturated heterocycles. The smallest absolute Gasteiger partial charge is 0.223 e. The van der Waals surface area contributed by atoms with Crippen LogP contribution >= 0.6 is 11.6 Å². The van der Waals surface area contributed by atoms with Crippen LogP contribution in [0.4, 0.5) is 0 Å². The highest BCUT2D eigenvalue weighted by Gasteiger charge is 2.21. The van der Waals surface area contributed by atoms with Gasteiger partial charge in [-0.2, -0.15) is 10.4 Å². The number of methoxy groups -OCH3 is 1. The first-order chi connectivity index (χ1) is 12.2. The first-order valence-corrected chi connectivity index (χ1v) is 8.77. The van der Waals surface area contributed by atoms with Crippen molar-refractivity contribution in [1.82, 2.24) is 25.1 Å². The molecule has 1 aliphatic rings. The molecule has 1 unspecified atom stereocenters. The van der Waals surface area contributed by atoms with Gasteiger partial charge in [0.1, 0.15) is 5.69 Å². The number of rotatable bonds is 6. The van der Waals surface area contributed by atoms with Gasteiger partial charge in [0.15, 0.2) is 5.75 Å². The number of piperidine rings is 1. The molecule has 1 N–H and O–H groups in total. The van der Waals surface area contributed by atoms with Gasteiger partial charge in [0.25, 0.3) is 0 Å². The number of nitriles is 1. The van der Waals surface area contributed by atoms with Crippen molar-refractivity contribution in [3.63, 3.8) is 0 Å². The van der Waals surface area contributed by atoms with E-state index in [-0.39, 0.29) is 11.3 Å². The lowest BCUT2D eigenvalue weighted by Crippen LogP contribution is -2.29. The Balaban J connectivity index is 1.82. The molecule has 25 heavy (non-hydrogen) atoms. The Bertz CT molecular complexity index is 750. The molecule has 3 rings (SSSR count). The number of ether oxygens (including phenoxy) is 1. The van der Waals surface area contributed by atoms with Crippen LogP contribution in [-0.2, 0) is 0 Å². The molecule has 0 aliphatic carbocycles. The lowest BCUT2D eigenvalue weighted by molar-refractivity contribution is 0.288. The first-order valence-electron chi connectivity index (χ1n) is 8.40. The molecule has 2 aromatic rings. The van der Waals surface area contributed by atoms with Gasteiger partial charge in [-0.3, -0.25) is 4.68 Å². The zero-order valence-electron chi connectivity index (χ0n) is 14.2. The fourth-order valence-electron chi connectivity index (χ4n) is 3.26. The van der Waals surface area contributed by atoms with Gasteiger partial charge in [-0.05, 0) is 49.9 Å². The summed E-state index contributed by atoms with van der Waals surface area (Å²) in [5, 5.41) is 17.2. The van der Waals surface area contributed by atoms with E-state index in [0.717, 1.165) is 37.9 Å². The summed E-state index contributed by atoms with van der Waals surface area (Å²) in [6.07, 6.45) is 8.86. The molecule has 2 aromatic heterocycles. The highest BCUT2D eigenvalue weighted by molar-refractivity contribution is 6.28. The second-order valence-corrected chi connectivity index (χ2v) is 6.55. The van der Waals surface area contributed by atoms with E-state index < -0.39 is 0 Å². The van der Waals surface area contributed by atoms with E-state index in [1.807, 2.05) is 10.9 Å². The molecule has 8 heteroatoms. The normalized spacial score (nSPS) is 16.4. The van der Waals surface area contributed by atoms with Crippen LogP contribution in [0.15, 0.2) is 18.6 Å². The number of hydrogen-bond donors (Lipinski definition) is 1. The topological polar surface area (TPSA) is 88.7 Å². The van der Waals surface area contributed by atoms with Crippen LogP contribution in [0.5, 0.6) is 5.75 Å². The van der Waals surface area contributed by atoms with Crippen molar-refractivity contribution < 1.29 is 4.74 Å². The molecule has 1 fully saturated rings. The fraction of sp³-hybridized carbons (Fsp3) is 0.529. The standard InChI is InChI=1S/C17H21ClN6O/c1-25-15-10-21-17(18)23-16(15)13-9-22-24(11-13)14(2-5-19)8-12-3-6-20-7-4-12/h9-12,14,20H,2-4,6-8H2,1H3. The summed E-state index contributed by atoms with van der Waals surface area (Å²) >= 11 is 5.92. The zero-order chi connectivity index (χ0) is 17.6. The first kappa shape index (κ1) is 17.6. The van der Waals surface area contributed by atoms with Crippen LogP contribution in [0, 0.1) is 17.2 Å². The molecule has 1 aliphatic heterocycles. The molecule has 0 aromatic carbocycles. The largest absolute Gasteiger partial charge is 0.493 e. The van der Waals surface area contributed by atoms with E-state index in [0.29, 0.717) is 23.8 Å². The van der Waals surface area contributed by atoms with Crippen molar-refractivity contribution in [3.8, 4) is 23.1 Å². The van der Waals surface area contributed by atoms with Gasteiger partial charge in [0.05, 0.1) is 38.0 Å². The van der Waals surface area contributed by atoms with Crippen LogP contribution in [0.3, 0.4) is 0 Å². The monoisotopic (exact) mass is 360 g/mol. The number of nitrogens with one attached hydrogen (secondary N) is 1. The van der Waals surface area contributed by atoms with Crippen LogP contribution in [0.1, 0.15) is 31.7 Å². The van der Waals surface area contributed by atoms with Crippen molar-refractivity contribution in [1.29, 1.82) is 5.26 Å². The maximum Gasteiger partial charge on any atom is 0.223 e. The predicted molar refractivity (Wildman–Crippen MR) is 94.3 cm³/mol. The molecule has 132 valence electrons. The van der Waals surface area contributed by atoms with Crippen molar-refractivity contribution in [2.75, 3.05) is 20.2 Å². The van der Waals surface area contributed by atoms with E-state index >= 15 is 0 Å². The van der Waals surface area contributed by atoms with Gasteiger partial charge in [0, 0.05) is 11.8 Å². The number of halogens is 1. The van der Waals surface area contributed by atoms with E-state index in [2.05, 4.69) is 26.5 Å². The third-order valence-electron chi connectivity index (χ3n) is 4.59. The molecule has 3 heterocycles. The van der Waals surface area contributed by atoms with Crippen LogP contribution < -0.4 is 10.1 Å². The Morgan fingerprint density at radius 2 is 2.24 bits per heavy atom. The van der Waals surface area contributed by atoms with Gasteiger partial charge >= 0.3 is 0 Å². The van der Waals surface area contributed by atoms with Crippen LogP contribution in [0.2, 0.25) is 5.28 Å². The summed E-state index contributed by atoms with van der Waals surface area (Å²) in [5.41, 5.74) is 1.40. The van der Waals surface area contributed by atoms with Crippen molar-refractivity contribution in [2.45, 2.75) is 31.7 Å². The minimum atomic E-state index is 0.0603. The van der Waals surface area contributed by atoms with Gasteiger partial charge in [-0.15, -0.1) is 0 Å². The molecule has 0 spiro atoms. The second-order valence-electron chi connectivity index (χ2n) is 6.21. The molecule has 1 atom stereocenters. The summed E-state index contributed by atoms with van der Waals surface area (Å²) < 4.78 is 7.18. The fourth-order valence-corrected chi connectivity index (χ4v) is 3.39. The second kappa shape index (κ2) is 8.28. The van der Waals surface area contributed by atoms with Crippen molar-refractivity contribution in [2.24, 2.45) is 5.92 Å². The lowest BCUT2D eigenvalue weighted by atomic mass is 9.90. The number of aromatic nitrogens is 4. The quantitative estimate of drug-likeness (QED) is 0.797. The van der Waals surface area contributed by atoms with Crippen LogP contribution in [0.25, 0.3) is 11.3 Å². The number of nitrogens with zero attached hydrogens (tertiary/aromatic N) is 5. The summed E-state index contributed by atoms with van der Waals surface area (Å²) in [6, 6.07) is 2.35. The summed E-state index contributed by atoms with van der Waals surface area (Å²) in [7, 11) is 1.57. The summed E-state index contributed by atoms with van der Waals surface area (Å²) in [4.78, 5) is 8.19. The molecular weight excluding hydrogens is 340 g/mol.